The third-order valence-corrected chi connectivity index (χ3v) is 4.28. The first-order valence-electron chi connectivity index (χ1n) is 6.77. The first-order chi connectivity index (χ1) is 9.68. The van der Waals surface area contributed by atoms with Crippen molar-refractivity contribution in [3.05, 3.63) is 29.6 Å². The van der Waals surface area contributed by atoms with Crippen molar-refractivity contribution >= 4 is 23.2 Å². The van der Waals surface area contributed by atoms with Gasteiger partial charge in [-0.05, 0) is 51.0 Å². The van der Waals surface area contributed by atoms with E-state index in [0.29, 0.717) is 11.3 Å². The van der Waals surface area contributed by atoms with Crippen LogP contribution in [0.5, 0.6) is 0 Å². The topological polar surface area (TPSA) is 54.5 Å². The van der Waals surface area contributed by atoms with Crippen LogP contribution in [0.4, 0.5) is 10.1 Å². The van der Waals surface area contributed by atoms with Gasteiger partial charge >= 0.3 is 0 Å². The number of rotatable bonds is 4. The Kier molecular flexibility index (Phi) is 3.70. The molecule has 4 nitrogen and oxygen atoms in total. The van der Waals surface area contributed by atoms with Crippen molar-refractivity contribution in [3.8, 4) is 0 Å². The average Bonchev–Trinajstić information content (AvgIpc) is 2.58. The lowest BCUT2D eigenvalue weighted by molar-refractivity contribution is -0.132. The predicted molar refractivity (Wildman–Crippen MR) is 76.6 cm³/mol. The summed E-state index contributed by atoms with van der Waals surface area (Å²) in [6, 6.07) is 4.15. The van der Waals surface area contributed by atoms with Crippen molar-refractivity contribution in [2.45, 2.75) is 32.6 Å². The highest BCUT2D eigenvalue weighted by atomic mass is 19.1. The summed E-state index contributed by atoms with van der Waals surface area (Å²) < 4.78 is 13.6. The van der Waals surface area contributed by atoms with Crippen LogP contribution in [0.15, 0.2) is 18.2 Å². The van der Waals surface area contributed by atoms with E-state index in [1.807, 2.05) is 0 Å². The maximum Gasteiger partial charge on any atom is 0.237 e. The molecule has 1 heterocycles. The minimum absolute atomic E-state index is 0.0668. The summed E-state index contributed by atoms with van der Waals surface area (Å²) in [6.45, 7) is 4.34. The molecule has 0 aliphatic carbocycles. The molecule has 0 radical (unpaired) electrons. The van der Waals surface area contributed by atoms with Gasteiger partial charge in [0.1, 0.15) is 17.4 Å². The number of nitrogens with zero attached hydrogens (tertiary/aromatic N) is 1. The van der Waals surface area contributed by atoms with Gasteiger partial charge in [-0.3, -0.25) is 14.4 Å². The van der Waals surface area contributed by atoms with E-state index in [9.17, 15) is 18.8 Å². The van der Waals surface area contributed by atoms with Gasteiger partial charge in [0.2, 0.25) is 5.91 Å². The molecule has 1 aromatic carbocycles. The zero-order chi connectivity index (χ0) is 15.9. The fourth-order valence-corrected chi connectivity index (χ4v) is 3.02. The Bertz CT molecular complexity index is 626. The van der Waals surface area contributed by atoms with E-state index < -0.39 is 17.2 Å². The van der Waals surface area contributed by atoms with Crippen LogP contribution in [0.2, 0.25) is 0 Å². The molecule has 1 amide bonds. The Balaban J connectivity index is 2.52. The predicted octanol–water partition coefficient (Wildman–Crippen LogP) is 2.24. The number of halogens is 1. The Morgan fingerprint density at radius 1 is 1.29 bits per heavy atom. The molecule has 0 bridgehead atoms. The zero-order valence-corrected chi connectivity index (χ0v) is 12.6. The smallest absolute Gasteiger partial charge is 0.237 e. The number of amides is 1. The number of anilines is 1. The zero-order valence-electron chi connectivity index (χ0n) is 12.6. The van der Waals surface area contributed by atoms with Crippen LogP contribution in [-0.4, -0.2) is 24.5 Å². The Labute approximate surface area is 122 Å². The Morgan fingerprint density at radius 3 is 2.38 bits per heavy atom. The van der Waals surface area contributed by atoms with Gasteiger partial charge in [0.05, 0.1) is 11.3 Å². The van der Waals surface area contributed by atoms with E-state index in [-0.39, 0.29) is 23.9 Å². The number of carbonyl (C=O) groups excluding carboxylic acids is 3. The lowest BCUT2D eigenvalue weighted by Crippen LogP contribution is -2.40. The minimum Gasteiger partial charge on any atom is -0.314 e. The number of hydrogen-bond donors (Lipinski definition) is 0. The van der Waals surface area contributed by atoms with Crippen molar-refractivity contribution < 1.29 is 18.8 Å². The SMILES string of the molecule is CC(=O)C(C[C@]1(C)C(=O)N(C)c2ccc(F)cc21)C(C)=O. The first kappa shape index (κ1) is 15.4. The molecule has 0 spiro atoms. The summed E-state index contributed by atoms with van der Waals surface area (Å²) in [7, 11) is 1.61. The van der Waals surface area contributed by atoms with Crippen LogP contribution in [-0.2, 0) is 19.8 Å². The van der Waals surface area contributed by atoms with Gasteiger partial charge in [-0.25, -0.2) is 4.39 Å². The van der Waals surface area contributed by atoms with Crippen LogP contribution in [0, 0.1) is 11.7 Å². The van der Waals surface area contributed by atoms with Crippen molar-refractivity contribution in [1.82, 2.24) is 0 Å². The maximum atomic E-state index is 13.6. The monoisotopic (exact) mass is 291 g/mol. The minimum atomic E-state index is -1.06. The fraction of sp³-hybridized carbons (Fsp3) is 0.438. The largest absolute Gasteiger partial charge is 0.314 e. The summed E-state index contributed by atoms with van der Waals surface area (Å²) in [4.78, 5) is 37.3. The van der Waals surface area contributed by atoms with Crippen LogP contribution in [0.25, 0.3) is 0 Å². The van der Waals surface area contributed by atoms with E-state index in [0.717, 1.165) is 0 Å². The summed E-state index contributed by atoms with van der Waals surface area (Å²) in [5, 5.41) is 0. The second-order valence-electron chi connectivity index (χ2n) is 5.84. The molecule has 0 aromatic heterocycles. The molecule has 112 valence electrons. The fourth-order valence-electron chi connectivity index (χ4n) is 3.02. The van der Waals surface area contributed by atoms with E-state index >= 15 is 0 Å². The molecule has 21 heavy (non-hydrogen) atoms. The number of fused-ring (bicyclic) bond motifs is 1. The standard InChI is InChI=1S/C16H18FNO3/c1-9(19)12(10(2)20)8-16(3)13-7-11(17)5-6-14(13)18(4)15(16)21/h5-7,12H,8H2,1-4H3/t16-/m0/s1. The molecule has 5 heteroatoms. The third-order valence-electron chi connectivity index (χ3n) is 4.28. The third kappa shape index (κ3) is 2.37. The normalized spacial score (nSPS) is 20.9. The molecule has 2 rings (SSSR count). The number of benzene rings is 1. The van der Waals surface area contributed by atoms with Gasteiger partial charge in [0, 0.05) is 12.7 Å². The van der Waals surface area contributed by atoms with Gasteiger partial charge in [-0.2, -0.15) is 0 Å². The summed E-state index contributed by atoms with van der Waals surface area (Å²) in [5.74, 6) is -2.06. The molecule has 1 aliphatic rings. The van der Waals surface area contributed by atoms with Crippen molar-refractivity contribution in [3.63, 3.8) is 0 Å². The van der Waals surface area contributed by atoms with Gasteiger partial charge in [0.15, 0.2) is 0 Å². The number of likely N-dealkylation sites (N-methyl/N-ethyl adjacent to an activating group) is 1. The average molecular weight is 291 g/mol. The van der Waals surface area contributed by atoms with Crippen molar-refractivity contribution in [2.75, 3.05) is 11.9 Å². The molecule has 0 N–H and O–H groups in total. The molecular weight excluding hydrogens is 273 g/mol. The Hall–Kier alpha value is -2.04. The van der Waals surface area contributed by atoms with Crippen LogP contribution in [0.1, 0.15) is 32.8 Å². The van der Waals surface area contributed by atoms with Crippen molar-refractivity contribution in [2.24, 2.45) is 5.92 Å². The highest BCUT2D eigenvalue weighted by Gasteiger charge is 2.48. The molecule has 0 saturated heterocycles. The second kappa shape index (κ2) is 5.06. The Morgan fingerprint density at radius 2 is 1.86 bits per heavy atom. The van der Waals surface area contributed by atoms with Gasteiger partial charge in [-0.1, -0.05) is 0 Å². The van der Waals surface area contributed by atoms with Crippen LogP contribution in [0.3, 0.4) is 0 Å². The number of hydrogen-bond acceptors (Lipinski definition) is 3. The van der Waals surface area contributed by atoms with E-state index in [1.54, 1.807) is 20.0 Å². The highest BCUT2D eigenvalue weighted by Crippen LogP contribution is 2.45. The highest BCUT2D eigenvalue weighted by molar-refractivity contribution is 6.09. The molecule has 1 aromatic rings. The van der Waals surface area contributed by atoms with Crippen molar-refractivity contribution in [1.29, 1.82) is 0 Å². The number of ketones is 2. The first-order valence-corrected chi connectivity index (χ1v) is 6.77. The van der Waals surface area contributed by atoms with E-state index in [1.165, 1.54) is 30.9 Å². The number of carbonyl (C=O) groups is 3. The summed E-state index contributed by atoms with van der Waals surface area (Å²) in [5.41, 5.74) is 0.0889. The van der Waals surface area contributed by atoms with E-state index in [4.69, 9.17) is 0 Å². The summed E-state index contributed by atoms with van der Waals surface area (Å²) in [6.07, 6.45) is 0.0668. The number of Topliss-reactive ketones (excluding diaryl/α,β-unsaturated/α-hetero) is 2. The van der Waals surface area contributed by atoms with Crippen LogP contribution < -0.4 is 4.90 Å². The molecular formula is C16H18FNO3. The quantitative estimate of drug-likeness (QED) is 0.799. The lowest BCUT2D eigenvalue weighted by atomic mass is 9.74. The molecule has 1 aliphatic heterocycles. The van der Waals surface area contributed by atoms with Gasteiger partial charge in [0.25, 0.3) is 0 Å². The van der Waals surface area contributed by atoms with E-state index in [2.05, 4.69) is 0 Å². The van der Waals surface area contributed by atoms with Crippen LogP contribution >= 0.6 is 0 Å². The van der Waals surface area contributed by atoms with Gasteiger partial charge in [-0.15, -0.1) is 0 Å². The van der Waals surface area contributed by atoms with Gasteiger partial charge < -0.3 is 4.90 Å². The molecule has 1 atom stereocenters. The molecule has 0 fully saturated rings. The second-order valence-corrected chi connectivity index (χ2v) is 5.84. The molecule has 0 unspecified atom stereocenters. The maximum absolute atomic E-state index is 13.6. The molecule has 0 saturated carbocycles. The summed E-state index contributed by atoms with van der Waals surface area (Å²) >= 11 is 0. The lowest BCUT2D eigenvalue weighted by Gasteiger charge is -2.26.